The van der Waals surface area contributed by atoms with Crippen LogP contribution in [-0.4, -0.2) is 5.91 Å². The smallest absolute Gasteiger partial charge is 0.231 e. The van der Waals surface area contributed by atoms with Gasteiger partial charge in [-0.3, -0.25) is 4.79 Å². The standard InChI is InChI=1S/C19H22INO/c1-13(2)12-15-4-6-16(7-5-15)14(3)19(22)21-18-10-8-17(20)9-11-18/h4-11,13-14H,12H2,1-3H3,(H,21,22). The topological polar surface area (TPSA) is 29.1 Å². The first-order valence-corrected chi connectivity index (χ1v) is 8.69. The molecule has 0 saturated heterocycles. The molecule has 0 heterocycles. The Labute approximate surface area is 146 Å². The first-order chi connectivity index (χ1) is 10.5. The van der Waals surface area contributed by atoms with Crippen molar-refractivity contribution in [3.63, 3.8) is 0 Å². The maximum atomic E-state index is 12.3. The second-order valence-electron chi connectivity index (χ2n) is 6.06. The van der Waals surface area contributed by atoms with Crippen LogP contribution in [0.5, 0.6) is 0 Å². The maximum absolute atomic E-state index is 12.3. The Kier molecular flexibility index (Phi) is 6.00. The molecule has 2 rings (SSSR count). The number of carbonyl (C=O) groups is 1. The molecule has 116 valence electrons. The summed E-state index contributed by atoms with van der Waals surface area (Å²) in [5.41, 5.74) is 3.22. The second kappa shape index (κ2) is 7.77. The van der Waals surface area contributed by atoms with Gasteiger partial charge in [0.25, 0.3) is 0 Å². The SMILES string of the molecule is CC(C)Cc1ccc(C(C)C(=O)Nc2ccc(I)cc2)cc1. The molecule has 1 atom stereocenters. The normalized spacial score (nSPS) is 12.2. The molecule has 2 nitrogen and oxygen atoms in total. The molecule has 1 unspecified atom stereocenters. The van der Waals surface area contributed by atoms with Gasteiger partial charge < -0.3 is 5.32 Å². The van der Waals surface area contributed by atoms with Crippen molar-refractivity contribution in [1.29, 1.82) is 0 Å². The molecule has 0 aliphatic heterocycles. The quantitative estimate of drug-likeness (QED) is 0.676. The van der Waals surface area contributed by atoms with E-state index >= 15 is 0 Å². The molecule has 0 spiro atoms. The zero-order chi connectivity index (χ0) is 16.1. The minimum Gasteiger partial charge on any atom is -0.326 e. The fraction of sp³-hybridized carbons (Fsp3) is 0.316. The lowest BCUT2D eigenvalue weighted by atomic mass is 9.96. The van der Waals surface area contributed by atoms with Gasteiger partial charge in [-0.05, 0) is 77.2 Å². The van der Waals surface area contributed by atoms with Crippen molar-refractivity contribution in [2.24, 2.45) is 5.92 Å². The lowest BCUT2D eigenvalue weighted by Gasteiger charge is -2.14. The Hall–Kier alpha value is -1.36. The molecule has 3 heteroatoms. The Bertz CT molecular complexity index is 617. The van der Waals surface area contributed by atoms with Gasteiger partial charge in [0.1, 0.15) is 0 Å². The van der Waals surface area contributed by atoms with Crippen molar-refractivity contribution in [2.45, 2.75) is 33.1 Å². The zero-order valence-corrected chi connectivity index (χ0v) is 15.4. The van der Waals surface area contributed by atoms with Gasteiger partial charge >= 0.3 is 0 Å². The van der Waals surface area contributed by atoms with Gasteiger partial charge in [0, 0.05) is 9.26 Å². The number of amides is 1. The summed E-state index contributed by atoms with van der Waals surface area (Å²) in [7, 11) is 0. The molecule has 0 radical (unpaired) electrons. The molecule has 0 aromatic heterocycles. The maximum Gasteiger partial charge on any atom is 0.231 e. The van der Waals surface area contributed by atoms with Crippen LogP contribution in [0, 0.1) is 9.49 Å². The Morgan fingerprint density at radius 3 is 2.14 bits per heavy atom. The van der Waals surface area contributed by atoms with E-state index in [0.29, 0.717) is 5.92 Å². The van der Waals surface area contributed by atoms with E-state index in [-0.39, 0.29) is 11.8 Å². The summed E-state index contributed by atoms with van der Waals surface area (Å²) in [5, 5.41) is 2.97. The molecule has 1 amide bonds. The van der Waals surface area contributed by atoms with Crippen molar-refractivity contribution >= 4 is 34.2 Å². The van der Waals surface area contributed by atoms with Gasteiger partial charge in [-0.25, -0.2) is 0 Å². The highest BCUT2D eigenvalue weighted by Crippen LogP contribution is 2.20. The molecule has 0 aliphatic carbocycles. The van der Waals surface area contributed by atoms with Gasteiger partial charge in [0.2, 0.25) is 5.91 Å². The third kappa shape index (κ3) is 4.83. The van der Waals surface area contributed by atoms with Crippen LogP contribution in [0.4, 0.5) is 5.69 Å². The van der Waals surface area contributed by atoms with Crippen LogP contribution in [-0.2, 0) is 11.2 Å². The number of anilines is 1. The van der Waals surface area contributed by atoms with Crippen molar-refractivity contribution < 1.29 is 4.79 Å². The van der Waals surface area contributed by atoms with E-state index in [1.807, 2.05) is 31.2 Å². The third-order valence-corrected chi connectivity index (χ3v) is 4.35. The summed E-state index contributed by atoms with van der Waals surface area (Å²) < 4.78 is 1.16. The van der Waals surface area contributed by atoms with E-state index < -0.39 is 0 Å². The van der Waals surface area contributed by atoms with Crippen molar-refractivity contribution in [3.05, 3.63) is 63.2 Å². The molecule has 22 heavy (non-hydrogen) atoms. The van der Waals surface area contributed by atoms with E-state index in [0.717, 1.165) is 21.2 Å². The molecule has 1 N–H and O–H groups in total. The molecule has 0 aliphatic rings. The lowest BCUT2D eigenvalue weighted by molar-refractivity contribution is -0.117. The van der Waals surface area contributed by atoms with Gasteiger partial charge in [0.15, 0.2) is 0 Å². The minimum absolute atomic E-state index is 0.0258. The summed E-state index contributed by atoms with van der Waals surface area (Å²) in [6.07, 6.45) is 1.07. The van der Waals surface area contributed by atoms with Crippen molar-refractivity contribution in [3.8, 4) is 0 Å². The van der Waals surface area contributed by atoms with Gasteiger partial charge in [0.05, 0.1) is 5.92 Å². The summed E-state index contributed by atoms with van der Waals surface area (Å²) in [4.78, 5) is 12.3. The van der Waals surface area contributed by atoms with Gasteiger partial charge in [-0.2, -0.15) is 0 Å². The molecular weight excluding hydrogens is 385 g/mol. The summed E-state index contributed by atoms with van der Waals surface area (Å²) in [6.45, 7) is 6.37. The predicted molar refractivity (Wildman–Crippen MR) is 101 cm³/mol. The summed E-state index contributed by atoms with van der Waals surface area (Å²) in [6, 6.07) is 16.2. The van der Waals surface area contributed by atoms with Crippen LogP contribution in [0.3, 0.4) is 0 Å². The van der Waals surface area contributed by atoms with E-state index in [9.17, 15) is 4.79 Å². The summed E-state index contributed by atoms with van der Waals surface area (Å²) in [5.74, 6) is 0.512. The first kappa shape index (κ1) is 17.0. The molecule has 0 fully saturated rings. The highest BCUT2D eigenvalue weighted by molar-refractivity contribution is 14.1. The fourth-order valence-electron chi connectivity index (χ4n) is 2.35. The molecular formula is C19H22INO. The van der Waals surface area contributed by atoms with E-state index in [4.69, 9.17) is 0 Å². The highest BCUT2D eigenvalue weighted by atomic mass is 127. The molecule has 0 saturated carbocycles. The van der Waals surface area contributed by atoms with Crippen LogP contribution in [0.1, 0.15) is 37.8 Å². The number of nitrogens with one attached hydrogen (secondary N) is 1. The van der Waals surface area contributed by atoms with E-state index in [1.165, 1.54) is 5.56 Å². The number of rotatable bonds is 5. The average molecular weight is 407 g/mol. The number of carbonyl (C=O) groups excluding carboxylic acids is 1. The summed E-state index contributed by atoms with van der Waals surface area (Å²) >= 11 is 2.25. The molecule has 2 aromatic carbocycles. The second-order valence-corrected chi connectivity index (χ2v) is 7.30. The van der Waals surface area contributed by atoms with Crippen LogP contribution in [0.2, 0.25) is 0 Å². The average Bonchev–Trinajstić information content (AvgIpc) is 2.49. The Morgan fingerprint density at radius 2 is 1.59 bits per heavy atom. The number of benzene rings is 2. The van der Waals surface area contributed by atoms with Gasteiger partial charge in [-0.1, -0.05) is 38.1 Å². The largest absolute Gasteiger partial charge is 0.326 e. The zero-order valence-electron chi connectivity index (χ0n) is 13.3. The molecule has 0 bridgehead atoms. The van der Waals surface area contributed by atoms with E-state index in [2.05, 4.69) is 66.0 Å². The molecule has 2 aromatic rings. The fourth-order valence-corrected chi connectivity index (χ4v) is 2.71. The highest BCUT2D eigenvalue weighted by Gasteiger charge is 2.15. The monoisotopic (exact) mass is 407 g/mol. The van der Waals surface area contributed by atoms with Crippen molar-refractivity contribution in [1.82, 2.24) is 0 Å². The lowest BCUT2D eigenvalue weighted by Crippen LogP contribution is -2.18. The third-order valence-electron chi connectivity index (χ3n) is 3.63. The Balaban J connectivity index is 2.02. The number of hydrogen-bond acceptors (Lipinski definition) is 1. The van der Waals surface area contributed by atoms with Crippen LogP contribution >= 0.6 is 22.6 Å². The predicted octanol–water partition coefficient (Wildman–Crippen LogP) is 5.23. The van der Waals surface area contributed by atoms with Crippen LogP contribution < -0.4 is 5.32 Å². The first-order valence-electron chi connectivity index (χ1n) is 7.61. The number of hydrogen-bond donors (Lipinski definition) is 1. The van der Waals surface area contributed by atoms with Crippen LogP contribution in [0.15, 0.2) is 48.5 Å². The van der Waals surface area contributed by atoms with Gasteiger partial charge in [-0.15, -0.1) is 0 Å². The van der Waals surface area contributed by atoms with Crippen LogP contribution in [0.25, 0.3) is 0 Å². The number of halogens is 1. The van der Waals surface area contributed by atoms with Crippen molar-refractivity contribution in [2.75, 3.05) is 5.32 Å². The Morgan fingerprint density at radius 1 is 1.00 bits per heavy atom. The minimum atomic E-state index is -0.160. The van der Waals surface area contributed by atoms with E-state index in [1.54, 1.807) is 0 Å².